The zero-order valence-corrected chi connectivity index (χ0v) is 19.7. The molecule has 5 aromatic carbocycles. The number of nitrogens with one attached hydrogen (secondary N) is 2. The van der Waals surface area contributed by atoms with Gasteiger partial charge in [0, 0.05) is 0 Å². The molecule has 0 aliphatic carbocycles. The fraction of sp³-hybridized carbons (Fsp3) is 0.0769. The number of nitrogens with two attached hydrogens (primary N) is 4. The van der Waals surface area contributed by atoms with Crippen LogP contribution in [0.3, 0.4) is 0 Å². The Morgan fingerprint density at radius 1 is 0.556 bits per heavy atom. The highest BCUT2D eigenvalue weighted by Crippen LogP contribution is 2.42. The third-order valence-electron chi connectivity index (χ3n) is 5.64. The fourth-order valence-electron chi connectivity index (χ4n) is 4.27. The molecule has 0 fully saturated rings. The van der Waals surface area contributed by atoms with Crippen molar-refractivity contribution < 1.29 is 19.2 Å². The Morgan fingerprint density at radius 2 is 0.972 bits per heavy atom. The second kappa shape index (κ2) is 10.4. The molecule has 184 valence electrons. The molecule has 0 bridgehead atoms. The van der Waals surface area contributed by atoms with Crippen molar-refractivity contribution in [3.63, 3.8) is 0 Å². The zero-order chi connectivity index (χ0) is 26.6. The summed E-state index contributed by atoms with van der Waals surface area (Å²) in [5.74, 6) is 0. The molecule has 0 atom stereocenters. The number of primary amides is 4. The lowest BCUT2D eigenvalue weighted by Crippen LogP contribution is -2.38. The molecular weight excluding hydrogens is 460 g/mol. The van der Waals surface area contributed by atoms with Crippen molar-refractivity contribution in [3.05, 3.63) is 71.8 Å². The van der Waals surface area contributed by atoms with Gasteiger partial charge in [0.2, 0.25) is 0 Å². The number of amides is 8. The van der Waals surface area contributed by atoms with Crippen LogP contribution in [0.4, 0.5) is 19.2 Å². The van der Waals surface area contributed by atoms with Crippen molar-refractivity contribution in [2.75, 3.05) is 0 Å². The molecule has 8 amide bonds. The molecule has 5 aromatic rings. The van der Waals surface area contributed by atoms with E-state index in [1.165, 1.54) is 54.2 Å². The Morgan fingerprint density at radius 3 is 1.42 bits per heavy atom. The zero-order valence-electron chi connectivity index (χ0n) is 19.7. The molecular formula is C26H26N6O4. The van der Waals surface area contributed by atoms with Crippen molar-refractivity contribution in [2.45, 2.75) is 13.8 Å². The number of urea groups is 4. The van der Waals surface area contributed by atoms with Gasteiger partial charge >= 0.3 is 24.1 Å². The summed E-state index contributed by atoms with van der Waals surface area (Å²) in [4.78, 5) is 38.5. The van der Waals surface area contributed by atoms with E-state index in [4.69, 9.17) is 0 Å². The van der Waals surface area contributed by atoms with E-state index in [9.17, 15) is 19.2 Å². The lowest BCUT2D eigenvalue weighted by atomic mass is 9.86. The monoisotopic (exact) mass is 486 g/mol. The first-order valence-electron chi connectivity index (χ1n) is 10.8. The van der Waals surface area contributed by atoms with Gasteiger partial charge in [-0.05, 0) is 68.1 Å². The van der Waals surface area contributed by atoms with Crippen molar-refractivity contribution in [2.24, 2.45) is 22.9 Å². The number of carbonyl (C=O) groups is 4. The van der Waals surface area contributed by atoms with Crippen LogP contribution in [-0.4, -0.2) is 24.1 Å². The molecule has 0 heterocycles. The van der Waals surface area contributed by atoms with E-state index in [1.807, 2.05) is 0 Å². The molecule has 0 saturated heterocycles. The molecule has 0 spiro atoms. The lowest BCUT2D eigenvalue weighted by Gasteiger charge is -2.17. The molecule has 5 rings (SSSR count). The summed E-state index contributed by atoms with van der Waals surface area (Å²) in [6.07, 6.45) is 0. The lowest BCUT2D eigenvalue weighted by molar-refractivity contribution is 0.235. The summed E-state index contributed by atoms with van der Waals surface area (Å²) in [6.45, 7) is 4.48. The van der Waals surface area contributed by atoms with E-state index in [0.29, 0.717) is 0 Å². The number of fused-ring (bicyclic) bond motifs is 2. The van der Waals surface area contributed by atoms with Gasteiger partial charge in [-0.15, -0.1) is 0 Å². The second-order valence-electron chi connectivity index (χ2n) is 8.01. The highest BCUT2D eigenvalue weighted by Gasteiger charge is 2.14. The fourth-order valence-corrected chi connectivity index (χ4v) is 4.27. The summed E-state index contributed by atoms with van der Waals surface area (Å²) >= 11 is 0. The quantitative estimate of drug-likeness (QED) is 0.143. The third kappa shape index (κ3) is 5.33. The van der Waals surface area contributed by atoms with Crippen LogP contribution in [0.15, 0.2) is 60.7 Å². The molecule has 10 N–H and O–H groups in total. The van der Waals surface area contributed by atoms with Crippen LogP contribution in [0.25, 0.3) is 43.1 Å². The topological polar surface area (TPSA) is 196 Å². The Hall–Kier alpha value is -5.12. The molecule has 0 saturated carbocycles. The standard InChI is InChI=1S/C22H16.2C2H5N3O2/c1-13-12-16-8-5-10-18-17-9-3-6-15-7-4-11-19(21(15)17)20(14(13)2)22(16)18;2*3-1(6)5-2(4)7/h3-12H,1-2H3;2*(H5,3,4,5,6,7). The van der Waals surface area contributed by atoms with Crippen molar-refractivity contribution >= 4 is 67.2 Å². The minimum absolute atomic E-state index is 0.937. The Bertz CT molecular complexity index is 1570. The summed E-state index contributed by atoms with van der Waals surface area (Å²) in [5, 5.41) is 14.2. The molecule has 0 radical (unpaired) electrons. The van der Waals surface area contributed by atoms with Gasteiger partial charge < -0.3 is 22.9 Å². The van der Waals surface area contributed by atoms with Crippen LogP contribution in [0.1, 0.15) is 11.1 Å². The van der Waals surface area contributed by atoms with Gasteiger partial charge in [0.05, 0.1) is 0 Å². The minimum Gasteiger partial charge on any atom is -0.351 e. The van der Waals surface area contributed by atoms with E-state index >= 15 is 0 Å². The van der Waals surface area contributed by atoms with E-state index in [0.717, 1.165) is 0 Å². The van der Waals surface area contributed by atoms with Gasteiger partial charge in [0.25, 0.3) is 0 Å². The van der Waals surface area contributed by atoms with E-state index in [-0.39, 0.29) is 0 Å². The van der Waals surface area contributed by atoms with Crippen LogP contribution in [-0.2, 0) is 0 Å². The van der Waals surface area contributed by atoms with E-state index in [2.05, 4.69) is 97.4 Å². The number of imide groups is 2. The number of aryl methyl sites for hydroxylation is 2. The maximum atomic E-state index is 9.62. The van der Waals surface area contributed by atoms with Gasteiger partial charge in [-0.2, -0.15) is 0 Å². The highest BCUT2D eigenvalue weighted by molar-refractivity contribution is 6.33. The molecule has 0 aliphatic heterocycles. The average Bonchev–Trinajstić information content (AvgIpc) is 2.78. The molecule has 10 heteroatoms. The number of hydrogen-bond acceptors (Lipinski definition) is 4. The van der Waals surface area contributed by atoms with E-state index < -0.39 is 24.1 Å². The first kappa shape index (κ1) is 25.5. The largest absolute Gasteiger partial charge is 0.351 e. The van der Waals surface area contributed by atoms with Gasteiger partial charge in [0.1, 0.15) is 0 Å². The van der Waals surface area contributed by atoms with Crippen LogP contribution in [0.2, 0.25) is 0 Å². The van der Waals surface area contributed by atoms with Crippen LogP contribution < -0.4 is 33.6 Å². The Kier molecular flexibility index (Phi) is 7.39. The molecule has 0 unspecified atom stereocenters. The molecule has 36 heavy (non-hydrogen) atoms. The third-order valence-corrected chi connectivity index (χ3v) is 5.64. The van der Waals surface area contributed by atoms with Gasteiger partial charge in [0.15, 0.2) is 0 Å². The normalized spacial score (nSPS) is 10.3. The predicted octanol–water partition coefficient (Wildman–Crippen LogP) is 3.82. The summed E-state index contributed by atoms with van der Waals surface area (Å²) in [6, 6.07) is 18.6. The van der Waals surface area contributed by atoms with Crippen molar-refractivity contribution in [1.82, 2.24) is 10.6 Å². The van der Waals surface area contributed by atoms with Gasteiger partial charge in [-0.1, -0.05) is 60.7 Å². The summed E-state index contributed by atoms with van der Waals surface area (Å²) in [7, 11) is 0. The maximum Gasteiger partial charge on any atom is 0.320 e. The van der Waals surface area contributed by atoms with Gasteiger partial charge in [-0.25, -0.2) is 19.2 Å². The molecule has 10 nitrogen and oxygen atoms in total. The van der Waals surface area contributed by atoms with Crippen molar-refractivity contribution in [3.8, 4) is 0 Å². The minimum atomic E-state index is -0.938. The summed E-state index contributed by atoms with van der Waals surface area (Å²) in [5.41, 5.74) is 20.5. The Balaban J connectivity index is 0.000000216. The maximum absolute atomic E-state index is 9.62. The van der Waals surface area contributed by atoms with E-state index in [1.54, 1.807) is 10.6 Å². The first-order chi connectivity index (χ1) is 17.0. The average molecular weight is 487 g/mol. The molecule has 0 aliphatic rings. The number of hydrogen-bond donors (Lipinski definition) is 6. The van der Waals surface area contributed by atoms with Crippen LogP contribution in [0, 0.1) is 13.8 Å². The van der Waals surface area contributed by atoms with Crippen LogP contribution in [0.5, 0.6) is 0 Å². The number of carbonyl (C=O) groups excluding carboxylic acids is 4. The van der Waals surface area contributed by atoms with Crippen molar-refractivity contribution in [1.29, 1.82) is 0 Å². The molecule has 0 aromatic heterocycles. The number of benzene rings is 5. The Labute approximate surface area is 205 Å². The smallest absolute Gasteiger partial charge is 0.320 e. The van der Waals surface area contributed by atoms with Gasteiger partial charge in [-0.3, -0.25) is 10.6 Å². The first-order valence-corrected chi connectivity index (χ1v) is 10.8. The van der Waals surface area contributed by atoms with Crippen LogP contribution >= 0.6 is 0 Å². The summed E-state index contributed by atoms with van der Waals surface area (Å²) < 4.78 is 0. The number of rotatable bonds is 0. The highest BCUT2D eigenvalue weighted by atomic mass is 16.2. The second-order valence-corrected chi connectivity index (χ2v) is 8.01. The SMILES string of the molecule is Cc1cc2cccc3c4cccc5cccc(c(c1C)c23)c54.NC(=O)NC(N)=O.NC(=O)NC(N)=O. The predicted molar refractivity (Wildman–Crippen MR) is 142 cm³/mol.